The Morgan fingerprint density at radius 1 is 0.640 bits per heavy atom. The molecular weight excluding hydrogens is 343 g/mol. The molecule has 0 saturated carbocycles. The number of phosphoric acid groups is 1. The highest BCUT2D eigenvalue weighted by atomic mass is 31.2. The summed E-state index contributed by atoms with van der Waals surface area (Å²) in [6.07, 6.45) is 20.2. The van der Waals surface area contributed by atoms with Gasteiger partial charge in [-0.3, -0.25) is 4.79 Å². The fourth-order valence-corrected chi connectivity index (χ4v) is 2.65. The Labute approximate surface area is 153 Å². The van der Waals surface area contributed by atoms with Gasteiger partial charge in [0.05, 0.1) is 0 Å². The summed E-state index contributed by atoms with van der Waals surface area (Å²) in [4.78, 5) is 31.9. The van der Waals surface area contributed by atoms with Gasteiger partial charge < -0.3 is 19.8 Å². The highest BCUT2D eigenvalue weighted by Gasteiger charge is 2.00. The van der Waals surface area contributed by atoms with Crippen LogP contribution < -0.4 is 0 Å². The van der Waals surface area contributed by atoms with E-state index in [1.807, 2.05) is 0 Å². The van der Waals surface area contributed by atoms with Crippen molar-refractivity contribution in [2.75, 3.05) is 0 Å². The highest BCUT2D eigenvalue weighted by molar-refractivity contribution is 7.45. The van der Waals surface area contributed by atoms with Crippen molar-refractivity contribution in [1.29, 1.82) is 0 Å². The Kier molecular flexibility index (Phi) is 21.3. The molecule has 0 spiro atoms. The molecule has 0 aliphatic carbocycles. The molecule has 0 radical (unpaired) electrons. The Balaban J connectivity index is 0. The summed E-state index contributed by atoms with van der Waals surface area (Å²) in [7, 11) is -4.64. The molecule has 152 valence electrons. The van der Waals surface area contributed by atoms with Gasteiger partial charge in [0.2, 0.25) is 0 Å². The molecule has 0 aliphatic rings. The SMILES string of the molecule is CCCCCCCCCCCCCCCCCC(=O)O.O=P(O)(O)O. The Morgan fingerprint density at radius 3 is 1.12 bits per heavy atom. The molecule has 0 atom stereocenters. The van der Waals surface area contributed by atoms with Crippen LogP contribution in [0.25, 0.3) is 0 Å². The van der Waals surface area contributed by atoms with E-state index in [-0.39, 0.29) is 0 Å². The molecular formula is C18H39O6P. The van der Waals surface area contributed by atoms with Gasteiger partial charge in [0, 0.05) is 6.42 Å². The van der Waals surface area contributed by atoms with Crippen molar-refractivity contribution in [1.82, 2.24) is 0 Å². The van der Waals surface area contributed by atoms with Gasteiger partial charge >= 0.3 is 13.8 Å². The van der Waals surface area contributed by atoms with Gasteiger partial charge in [-0.05, 0) is 6.42 Å². The van der Waals surface area contributed by atoms with Crippen LogP contribution in [0.3, 0.4) is 0 Å². The number of aliphatic carboxylic acids is 1. The van der Waals surface area contributed by atoms with Crippen molar-refractivity contribution in [2.24, 2.45) is 0 Å². The third-order valence-electron chi connectivity index (χ3n) is 3.99. The van der Waals surface area contributed by atoms with Gasteiger partial charge in [0.1, 0.15) is 0 Å². The molecule has 25 heavy (non-hydrogen) atoms. The van der Waals surface area contributed by atoms with E-state index < -0.39 is 13.8 Å². The lowest BCUT2D eigenvalue weighted by Crippen LogP contribution is -1.93. The third-order valence-corrected chi connectivity index (χ3v) is 3.99. The van der Waals surface area contributed by atoms with E-state index >= 15 is 0 Å². The number of unbranched alkanes of at least 4 members (excludes halogenated alkanes) is 14. The number of rotatable bonds is 16. The van der Waals surface area contributed by atoms with Gasteiger partial charge in [-0.1, -0.05) is 96.8 Å². The number of carboxylic acids is 1. The quantitative estimate of drug-likeness (QED) is 0.210. The number of carbonyl (C=O) groups is 1. The predicted molar refractivity (Wildman–Crippen MR) is 101 cm³/mol. The molecule has 0 fully saturated rings. The Hall–Kier alpha value is -0.420. The van der Waals surface area contributed by atoms with Gasteiger partial charge in [-0.25, -0.2) is 4.57 Å². The zero-order valence-corrected chi connectivity index (χ0v) is 16.8. The minimum Gasteiger partial charge on any atom is -0.481 e. The van der Waals surface area contributed by atoms with Gasteiger partial charge in [-0.2, -0.15) is 0 Å². The molecule has 0 unspecified atom stereocenters. The molecule has 0 aromatic rings. The largest absolute Gasteiger partial charge is 0.481 e. The molecule has 4 N–H and O–H groups in total. The van der Waals surface area contributed by atoms with Crippen LogP contribution in [0, 0.1) is 0 Å². The average Bonchev–Trinajstić information content (AvgIpc) is 2.49. The summed E-state index contributed by atoms with van der Waals surface area (Å²) in [6.45, 7) is 2.27. The molecule has 0 aliphatic heterocycles. The maximum atomic E-state index is 10.3. The first-order chi connectivity index (χ1) is 11.8. The van der Waals surface area contributed by atoms with E-state index in [4.69, 9.17) is 24.4 Å². The number of hydrogen-bond donors (Lipinski definition) is 4. The first-order valence-corrected chi connectivity index (χ1v) is 11.3. The summed E-state index contributed by atoms with van der Waals surface area (Å²) >= 11 is 0. The molecule has 6 nitrogen and oxygen atoms in total. The standard InChI is InChI=1S/C18H36O2.H3O4P/c1-2-3-4-5-6-7-8-9-10-11-12-13-14-15-16-17-18(19)20;1-5(2,3)4/h2-17H2,1H3,(H,19,20);(H3,1,2,3,4). The molecule has 7 heteroatoms. The maximum Gasteiger partial charge on any atom is 0.466 e. The number of carboxylic acid groups (broad SMARTS) is 1. The van der Waals surface area contributed by atoms with Crippen LogP contribution in [-0.4, -0.2) is 25.8 Å². The second-order valence-corrected chi connectivity index (χ2v) is 7.63. The first-order valence-electron chi connectivity index (χ1n) is 9.77. The molecule has 0 rings (SSSR count). The fourth-order valence-electron chi connectivity index (χ4n) is 2.65. The fraction of sp³-hybridized carbons (Fsp3) is 0.944. The molecule has 0 aromatic carbocycles. The van der Waals surface area contributed by atoms with Crippen molar-refractivity contribution in [2.45, 2.75) is 110 Å². The summed E-state index contributed by atoms with van der Waals surface area (Å²) in [6, 6.07) is 0. The van der Waals surface area contributed by atoms with E-state index in [1.165, 1.54) is 83.5 Å². The number of hydrogen-bond acceptors (Lipinski definition) is 2. The van der Waals surface area contributed by atoms with E-state index in [0.717, 1.165) is 12.8 Å². The second-order valence-electron chi connectivity index (χ2n) is 6.61. The smallest absolute Gasteiger partial charge is 0.466 e. The van der Waals surface area contributed by atoms with Gasteiger partial charge in [0.25, 0.3) is 0 Å². The second kappa shape index (κ2) is 19.9. The van der Waals surface area contributed by atoms with Gasteiger partial charge in [-0.15, -0.1) is 0 Å². The van der Waals surface area contributed by atoms with Crippen LogP contribution in [0.5, 0.6) is 0 Å². The van der Waals surface area contributed by atoms with Crippen molar-refractivity contribution in [3.63, 3.8) is 0 Å². The van der Waals surface area contributed by atoms with Crippen molar-refractivity contribution in [3.8, 4) is 0 Å². The lowest BCUT2D eigenvalue weighted by atomic mass is 10.0. The minimum absolute atomic E-state index is 0.345. The van der Waals surface area contributed by atoms with Crippen LogP contribution in [0.15, 0.2) is 0 Å². The monoisotopic (exact) mass is 382 g/mol. The average molecular weight is 382 g/mol. The van der Waals surface area contributed by atoms with Crippen molar-refractivity contribution < 1.29 is 29.1 Å². The van der Waals surface area contributed by atoms with Gasteiger partial charge in [0.15, 0.2) is 0 Å². The summed E-state index contributed by atoms with van der Waals surface area (Å²) < 4.78 is 8.88. The van der Waals surface area contributed by atoms with Crippen LogP contribution in [0.1, 0.15) is 110 Å². The Morgan fingerprint density at radius 2 is 0.880 bits per heavy atom. The van der Waals surface area contributed by atoms with Crippen molar-refractivity contribution >= 4 is 13.8 Å². The van der Waals surface area contributed by atoms with Crippen molar-refractivity contribution in [3.05, 3.63) is 0 Å². The van der Waals surface area contributed by atoms with Crippen LogP contribution in [-0.2, 0) is 9.36 Å². The zero-order chi connectivity index (χ0) is 19.4. The van der Waals surface area contributed by atoms with E-state index in [0.29, 0.717) is 6.42 Å². The first kappa shape index (κ1) is 26.8. The topological polar surface area (TPSA) is 115 Å². The zero-order valence-electron chi connectivity index (χ0n) is 15.9. The van der Waals surface area contributed by atoms with E-state index in [9.17, 15) is 4.79 Å². The maximum absolute atomic E-state index is 10.3. The summed E-state index contributed by atoms with van der Waals surface area (Å²) in [5.41, 5.74) is 0. The molecule has 0 heterocycles. The minimum atomic E-state index is -4.64. The molecule has 0 aromatic heterocycles. The molecule has 0 saturated heterocycles. The predicted octanol–water partition coefficient (Wildman–Crippen LogP) is 5.40. The molecule has 0 amide bonds. The lowest BCUT2D eigenvalue weighted by Gasteiger charge is -2.03. The van der Waals surface area contributed by atoms with E-state index in [1.54, 1.807) is 0 Å². The van der Waals surface area contributed by atoms with E-state index in [2.05, 4.69) is 6.92 Å². The summed E-state index contributed by atoms with van der Waals surface area (Å²) in [5.74, 6) is -0.653. The van der Waals surface area contributed by atoms with Crippen LogP contribution in [0.4, 0.5) is 0 Å². The highest BCUT2D eigenvalue weighted by Crippen LogP contribution is 2.25. The van der Waals surface area contributed by atoms with Crippen LogP contribution in [0.2, 0.25) is 0 Å². The Bertz CT molecular complexity index is 321. The normalized spacial score (nSPS) is 11.0. The van der Waals surface area contributed by atoms with Crippen LogP contribution >= 0.6 is 7.82 Å². The third kappa shape index (κ3) is 39.9. The lowest BCUT2D eigenvalue weighted by molar-refractivity contribution is -0.137. The molecule has 0 bridgehead atoms. The summed E-state index contributed by atoms with van der Waals surface area (Å²) in [5, 5.41) is 8.52.